The number of carbonyl (C=O) groups is 2. The lowest BCUT2D eigenvalue weighted by molar-refractivity contribution is 0.0573. The zero-order valence-corrected chi connectivity index (χ0v) is 23.4. The van der Waals surface area contributed by atoms with Gasteiger partial charge in [-0.1, -0.05) is 30.5 Å². The molecule has 6 rings (SSSR count). The number of carbonyl (C=O) groups excluding carboxylic acids is 2. The van der Waals surface area contributed by atoms with E-state index in [4.69, 9.17) is 0 Å². The average Bonchev–Trinajstić information content (AvgIpc) is 3.61. The Morgan fingerprint density at radius 2 is 1.44 bits per heavy atom. The van der Waals surface area contributed by atoms with E-state index in [1.807, 2.05) is 64.9 Å². The predicted molar refractivity (Wildman–Crippen MR) is 156 cm³/mol. The van der Waals surface area contributed by atoms with Crippen molar-refractivity contribution in [2.45, 2.75) is 38.6 Å². The molecule has 8 nitrogen and oxygen atoms in total. The third-order valence-electron chi connectivity index (χ3n) is 8.67. The Hall–Kier alpha value is -2.85. The number of nitrogens with zero attached hydrogens (tertiary/aromatic N) is 4. The fourth-order valence-electron chi connectivity index (χ4n) is 6.31. The summed E-state index contributed by atoms with van der Waals surface area (Å²) in [5, 5.41) is 0.843. The lowest BCUT2D eigenvalue weighted by atomic mass is 10.1. The fourth-order valence-corrected chi connectivity index (χ4v) is 7.54. The molecular weight excluding hydrogens is 512 g/mol. The number of hydrogen-bond donors (Lipinski definition) is 2. The van der Waals surface area contributed by atoms with Gasteiger partial charge in [-0.3, -0.25) is 23.6 Å². The van der Waals surface area contributed by atoms with Gasteiger partial charge in [0, 0.05) is 61.9 Å². The Bertz CT molecular complexity index is 1360. The average molecular weight is 551 g/mol. The van der Waals surface area contributed by atoms with Gasteiger partial charge in [0.1, 0.15) is 5.69 Å². The van der Waals surface area contributed by atoms with Crippen LogP contribution in [0.3, 0.4) is 0 Å². The van der Waals surface area contributed by atoms with E-state index in [0.717, 1.165) is 48.3 Å². The molecule has 39 heavy (non-hydrogen) atoms. The van der Waals surface area contributed by atoms with Crippen molar-refractivity contribution in [1.82, 2.24) is 19.3 Å². The Morgan fingerprint density at radius 3 is 2.10 bits per heavy atom. The van der Waals surface area contributed by atoms with Crippen LogP contribution in [-0.2, 0) is 0 Å². The van der Waals surface area contributed by atoms with E-state index >= 15 is 0 Å². The Morgan fingerprint density at radius 1 is 0.795 bits per heavy atom. The third kappa shape index (κ3) is 5.33. The van der Waals surface area contributed by atoms with Crippen molar-refractivity contribution < 1.29 is 18.7 Å². The molecule has 0 bridgehead atoms. The van der Waals surface area contributed by atoms with E-state index in [2.05, 4.69) is 4.90 Å². The van der Waals surface area contributed by atoms with Crippen LogP contribution in [0.4, 0.5) is 0 Å². The van der Waals surface area contributed by atoms with Gasteiger partial charge in [0.15, 0.2) is 0 Å². The van der Waals surface area contributed by atoms with Crippen molar-refractivity contribution in [2.24, 2.45) is 0 Å². The van der Waals surface area contributed by atoms with Gasteiger partial charge in [-0.25, -0.2) is 0 Å². The van der Waals surface area contributed by atoms with E-state index < -0.39 is 10.6 Å². The molecule has 2 amide bonds. The molecule has 0 radical (unpaired) electrons. The van der Waals surface area contributed by atoms with Crippen molar-refractivity contribution in [2.75, 3.05) is 50.8 Å². The van der Waals surface area contributed by atoms with Gasteiger partial charge in [0.25, 0.3) is 11.8 Å². The quantitative estimate of drug-likeness (QED) is 0.485. The minimum Gasteiger partial charge on any atom is -0.336 e. The molecule has 3 fully saturated rings. The van der Waals surface area contributed by atoms with Crippen LogP contribution in [0.25, 0.3) is 16.6 Å². The van der Waals surface area contributed by atoms with Crippen LogP contribution in [0.2, 0.25) is 0 Å². The molecule has 3 aromatic rings. The normalized spacial score (nSPS) is 21.4. The van der Waals surface area contributed by atoms with Crippen LogP contribution in [0.15, 0.2) is 48.5 Å². The second-order valence-electron chi connectivity index (χ2n) is 11.2. The maximum absolute atomic E-state index is 13.7. The van der Waals surface area contributed by atoms with Gasteiger partial charge in [0.05, 0.1) is 17.0 Å². The largest absolute Gasteiger partial charge is 0.336 e. The number of fused-ring (bicyclic) bond motifs is 1. The Labute approximate surface area is 231 Å². The highest BCUT2D eigenvalue weighted by atomic mass is 32.3. The molecule has 2 aliphatic heterocycles. The van der Waals surface area contributed by atoms with E-state index in [1.165, 1.54) is 25.7 Å². The van der Waals surface area contributed by atoms with Crippen LogP contribution in [0.5, 0.6) is 0 Å². The first-order valence-electron chi connectivity index (χ1n) is 14.1. The Balaban J connectivity index is 1.29. The SMILES string of the molecule is Cc1ccc(-n2c(C(=O)N3CCS(O)(O)CC3)cc3cc(C(=O)N4CCN(C5CCCC5)CC4)ccc32)cc1. The number of hydrogen-bond acceptors (Lipinski definition) is 5. The van der Waals surface area contributed by atoms with Crippen LogP contribution in [0, 0.1) is 6.92 Å². The van der Waals surface area contributed by atoms with Crippen LogP contribution in [0.1, 0.15) is 52.1 Å². The van der Waals surface area contributed by atoms with Crippen molar-refractivity contribution in [3.05, 3.63) is 65.4 Å². The molecule has 3 aliphatic rings. The number of aryl methyl sites for hydroxylation is 1. The van der Waals surface area contributed by atoms with Gasteiger partial charge >= 0.3 is 0 Å². The molecule has 0 spiro atoms. The van der Waals surface area contributed by atoms with E-state index in [-0.39, 0.29) is 23.3 Å². The number of benzene rings is 2. The summed E-state index contributed by atoms with van der Waals surface area (Å²) in [4.78, 5) is 33.4. The maximum Gasteiger partial charge on any atom is 0.270 e. The van der Waals surface area contributed by atoms with Crippen molar-refractivity contribution in [3.63, 3.8) is 0 Å². The highest BCUT2D eigenvalue weighted by molar-refractivity contribution is 8.24. The van der Waals surface area contributed by atoms with Crippen LogP contribution < -0.4 is 0 Å². The summed E-state index contributed by atoms with van der Waals surface area (Å²) < 4.78 is 22.0. The number of aromatic nitrogens is 1. The lowest BCUT2D eigenvalue weighted by Crippen LogP contribution is -2.51. The number of piperazine rings is 1. The van der Waals surface area contributed by atoms with Crippen molar-refractivity contribution in [1.29, 1.82) is 0 Å². The molecule has 2 saturated heterocycles. The highest BCUT2D eigenvalue weighted by Gasteiger charge is 2.30. The zero-order valence-electron chi connectivity index (χ0n) is 22.6. The summed E-state index contributed by atoms with van der Waals surface area (Å²) in [5.41, 5.74) is 4.03. The van der Waals surface area contributed by atoms with Crippen LogP contribution in [-0.4, -0.2) is 97.0 Å². The highest BCUT2D eigenvalue weighted by Crippen LogP contribution is 2.40. The second-order valence-corrected chi connectivity index (χ2v) is 13.7. The lowest BCUT2D eigenvalue weighted by Gasteiger charge is -2.40. The summed E-state index contributed by atoms with van der Waals surface area (Å²) in [5.74, 6) is 0.310. The fraction of sp³-hybridized carbons (Fsp3) is 0.467. The summed E-state index contributed by atoms with van der Waals surface area (Å²) in [6.45, 7) is 6.01. The second kappa shape index (κ2) is 10.6. The molecule has 1 aromatic heterocycles. The molecule has 1 saturated carbocycles. The first-order valence-corrected chi connectivity index (χ1v) is 16.0. The van der Waals surface area contributed by atoms with Gasteiger partial charge in [-0.15, -0.1) is 0 Å². The molecule has 2 aromatic carbocycles. The molecular formula is C30H38N4O4S. The van der Waals surface area contributed by atoms with Gasteiger partial charge in [-0.05, 0) is 56.2 Å². The first kappa shape index (κ1) is 26.4. The van der Waals surface area contributed by atoms with E-state index in [0.29, 0.717) is 30.4 Å². The van der Waals surface area contributed by atoms with Gasteiger partial charge in [-0.2, -0.15) is 10.6 Å². The van der Waals surface area contributed by atoms with Crippen LogP contribution >= 0.6 is 10.6 Å². The summed E-state index contributed by atoms with van der Waals surface area (Å²) >= 11 is 0. The molecule has 0 atom stereocenters. The summed E-state index contributed by atoms with van der Waals surface area (Å²) in [7, 11) is -2.60. The molecule has 208 valence electrons. The van der Waals surface area contributed by atoms with Crippen molar-refractivity contribution >= 4 is 33.3 Å². The van der Waals surface area contributed by atoms with E-state index in [1.54, 1.807) is 4.90 Å². The number of rotatable bonds is 4. The number of amides is 2. The monoisotopic (exact) mass is 550 g/mol. The minimum absolute atomic E-state index is 0.0418. The molecule has 2 N–H and O–H groups in total. The van der Waals surface area contributed by atoms with Crippen molar-refractivity contribution in [3.8, 4) is 5.69 Å². The molecule has 3 heterocycles. The van der Waals surface area contributed by atoms with Gasteiger partial charge < -0.3 is 14.4 Å². The first-order chi connectivity index (χ1) is 18.8. The minimum atomic E-state index is -2.60. The topological polar surface area (TPSA) is 89.2 Å². The molecule has 1 aliphatic carbocycles. The van der Waals surface area contributed by atoms with E-state index in [9.17, 15) is 18.7 Å². The third-order valence-corrected chi connectivity index (χ3v) is 10.3. The standard InChI is InChI=1S/C30H38N4O4S/c1-22-6-9-26(10-7-22)34-27-11-8-23(29(35)32-14-12-31(13-15-32)25-4-2-3-5-25)20-24(27)21-28(34)30(36)33-16-18-39(37,38)19-17-33/h6-11,20-21,25,37-38H,2-5,12-19H2,1H3. The smallest absolute Gasteiger partial charge is 0.270 e. The predicted octanol–water partition coefficient (Wildman–Crippen LogP) is 4.85. The summed E-state index contributed by atoms with van der Waals surface area (Å²) in [6.07, 6.45) is 5.20. The maximum atomic E-state index is 13.7. The van der Waals surface area contributed by atoms with Gasteiger partial charge in [0.2, 0.25) is 0 Å². The summed E-state index contributed by atoms with van der Waals surface area (Å²) in [6, 6.07) is 16.3. The molecule has 9 heteroatoms. The Kier molecular flexibility index (Phi) is 7.18. The molecule has 0 unspecified atom stereocenters. The zero-order chi connectivity index (χ0) is 27.1.